The van der Waals surface area contributed by atoms with Crippen LogP contribution in [0.15, 0.2) is 59.6 Å². The number of amides is 2. The zero-order valence-corrected chi connectivity index (χ0v) is 16.7. The Kier molecular flexibility index (Phi) is 6.66. The lowest BCUT2D eigenvalue weighted by molar-refractivity contribution is -0.130. The number of nitrogens with zero attached hydrogens (tertiary/aromatic N) is 2. The summed E-state index contributed by atoms with van der Waals surface area (Å²) in [6.07, 6.45) is 0.0354. The number of hydrogen-bond acceptors (Lipinski definition) is 6. The lowest BCUT2D eigenvalue weighted by Crippen LogP contribution is -2.45. The van der Waals surface area contributed by atoms with Crippen LogP contribution in [0.3, 0.4) is 0 Å². The molecule has 8 heteroatoms. The minimum atomic E-state index is -0.660. The molecule has 1 heterocycles. The zero-order chi connectivity index (χ0) is 20.8. The van der Waals surface area contributed by atoms with E-state index in [4.69, 9.17) is 10.5 Å². The summed E-state index contributed by atoms with van der Waals surface area (Å²) in [5.41, 5.74) is 7.34. The van der Waals surface area contributed by atoms with Crippen LogP contribution >= 0.6 is 11.8 Å². The van der Waals surface area contributed by atoms with Gasteiger partial charge in [0.15, 0.2) is 5.17 Å². The van der Waals surface area contributed by atoms with E-state index in [1.54, 1.807) is 36.1 Å². The topological polar surface area (TPSA) is 102 Å². The third kappa shape index (κ3) is 5.23. The van der Waals surface area contributed by atoms with Crippen molar-refractivity contribution in [1.82, 2.24) is 4.90 Å². The molecule has 7 nitrogen and oxygen atoms in total. The third-order valence-electron chi connectivity index (χ3n) is 4.24. The molecule has 0 radical (unpaired) electrons. The number of carbonyl (C=O) groups is 3. The monoisotopic (exact) mass is 411 g/mol. The van der Waals surface area contributed by atoms with Gasteiger partial charge in [-0.3, -0.25) is 14.5 Å². The first-order chi connectivity index (χ1) is 14.0. The Labute approximate surface area is 172 Å². The Morgan fingerprint density at radius 3 is 2.48 bits per heavy atom. The van der Waals surface area contributed by atoms with Crippen LogP contribution in [0.5, 0.6) is 0 Å². The van der Waals surface area contributed by atoms with E-state index in [0.717, 1.165) is 5.56 Å². The van der Waals surface area contributed by atoms with Crippen LogP contribution in [0, 0.1) is 0 Å². The number of nitrogens with two attached hydrogens (primary N) is 1. The second-order valence-electron chi connectivity index (χ2n) is 6.34. The zero-order valence-electron chi connectivity index (χ0n) is 15.9. The highest BCUT2D eigenvalue weighted by Crippen LogP contribution is 2.30. The Bertz CT molecular complexity index is 929. The Morgan fingerprint density at radius 1 is 1.17 bits per heavy atom. The highest BCUT2D eigenvalue weighted by molar-refractivity contribution is 8.15. The fourth-order valence-corrected chi connectivity index (χ4v) is 3.82. The summed E-state index contributed by atoms with van der Waals surface area (Å²) < 4.78 is 4.97. The minimum absolute atomic E-state index is 0.0354. The third-order valence-corrected chi connectivity index (χ3v) is 5.45. The van der Waals surface area contributed by atoms with Crippen LogP contribution in [0.4, 0.5) is 5.69 Å². The van der Waals surface area contributed by atoms with Crippen molar-refractivity contribution < 1.29 is 19.1 Å². The van der Waals surface area contributed by atoms with Gasteiger partial charge in [0, 0.05) is 6.42 Å². The van der Waals surface area contributed by atoms with Crippen LogP contribution < -0.4 is 5.73 Å². The molecule has 0 saturated carbocycles. The van der Waals surface area contributed by atoms with E-state index in [1.807, 2.05) is 30.3 Å². The number of carbonyl (C=O) groups excluding carboxylic acids is 3. The van der Waals surface area contributed by atoms with E-state index in [1.165, 1.54) is 11.8 Å². The van der Waals surface area contributed by atoms with Crippen molar-refractivity contribution in [2.75, 3.05) is 6.61 Å². The largest absolute Gasteiger partial charge is 0.462 e. The molecule has 0 aliphatic carbocycles. The molecule has 2 amide bonds. The second-order valence-corrected chi connectivity index (χ2v) is 7.51. The first kappa shape index (κ1) is 20.6. The number of ether oxygens (including phenoxy) is 1. The number of thioether (sulfide) groups is 1. The van der Waals surface area contributed by atoms with Gasteiger partial charge in [-0.05, 0) is 36.8 Å². The maximum absolute atomic E-state index is 12.7. The summed E-state index contributed by atoms with van der Waals surface area (Å²) >= 11 is 1.17. The summed E-state index contributed by atoms with van der Waals surface area (Å²) in [5, 5.41) is -0.259. The molecule has 1 aliphatic heterocycles. The van der Waals surface area contributed by atoms with Crippen molar-refractivity contribution in [2.45, 2.75) is 25.1 Å². The van der Waals surface area contributed by atoms with E-state index in [9.17, 15) is 14.4 Å². The van der Waals surface area contributed by atoms with E-state index in [0.29, 0.717) is 29.6 Å². The van der Waals surface area contributed by atoms with E-state index >= 15 is 0 Å². The van der Waals surface area contributed by atoms with Crippen LogP contribution in [-0.4, -0.2) is 39.7 Å². The number of esters is 1. The lowest BCUT2D eigenvalue weighted by atomic mass is 10.2. The van der Waals surface area contributed by atoms with Gasteiger partial charge in [0.1, 0.15) is 0 Å². The highest BCUT2D eigenvalue weighted by Gasteiger charge is 2.34. The normalized spacial score (nSPS) is 18.0. The molecule has 2 N–H and O–H groups in total. The molecule has 1 saturated heterocycles. The minimum Gasteiger partial charge on any atom is -0.462 e. The molecule has 3 rings (SSSR count). The van der Waals surface area contributed by atoms with Crippen LogP contribution in [0.1, 0.15) is 29.3 Å². The molecule has 29 heavy (non-hydrogen) atoms. The predicted molar refractivity (Wildman–Crippen MR) is 112 cm³/mol. The van der Waals surface area contributed by atoms with Gasteiger partial charge in [-0.25, -0.2) is 9.79 Å². The molecular formula is C21H21N3O4S. The molecule has 1 atom stereocenters. The summed E-state index contributed by atoms with van der Waals surface area (Å²) in [7, 11) is 0. The first-order valence-electron chi connectivity index (χ1n) is 9.14. The van der Waals surface area contributed by atoms with Crippen molar-refractivity contribution in [3.8, 4) is 0 Å². The number of primary amides is 1. The first-order valence-corrected chi connectivity index (χ1v) is 10.0. The maximum Gasteiger partial charge on any atom is 0.338 e. The molecule has 150 valence electrons. The summed E-state index contributed by atoms with van der Waals surface area (Å²) in [6, 6.07) is 16.1. The number of aliphatic imine (C=N–C) groups is 1. The van der Waals surface area contributed by atoms with Crippen molar-refractivity contribution in [1.29, 1.82) is 0 Å². The second kappa shape index (κ2) is 9.38. The van der Waals surface area contributed by atoms with Crippen molar-refractivity contribution in [3.05, 3.63) is 65.7 Å². The SMILES string of the molecule is CCOC(=O)c1ccc(N=C2SC(C(N)=O)CC(=O)N2Cc2ccccc2)cc1. The van der Waals surface area contributed by atoms with Crippen molar-refractivity contribution in [2.24, 2.45) is 10.7 Å². The quantitative estimate of drug-likeness (QED) is 0.737. The average Bonchev–Trinajstić information content (AvgIpc) is 2.71. The van der Waals surface area contributed by atoms with Gasteiger partial charge >= 0.3 is 5.97 Å². The van der Waals surface area contributed by atoms with Gasteiger partial charge in [-0.15, -0.1) is 0 Å². The number of rotatable bonds is 6. The van der Waals surface area contributed by atoms with Gasteiger partial charge in [-0.1, -0.05) is 42.1 Å². The molecule has 0 spiro atoms. The molecular weight excluding hydrogens is 390 g/mol. The van der Waals surface area contributed by atoms with Crippen LogP contribution in [0.25, 0.3) is 0 Å². The molecule has 0 aromatic heterocycles. The fourth-order valence-electron chi connectivity index (χ4n) is 2.77. The molecule has 1 fully saturated rings. The Morgan fingerprint density at radius 2 is 1.86 bits per heavy atom. The Balaban J connectivity index is 1.88. The lowest BCUT2D eigenvalue weighted by Gasteiger charge is -2.31. The van der Waals surface area contributed by atoms with Gasteiger partial charge in [0.2, 0.25) is 11.8 Å². The fraction of sp³-hybridized carbons (Fsp3) is 0.238. The van der Waals surface area contributed by atoms with Gasteiger partial charge in [0.25, 0.3) is 0 Å². The number of hydrogen-bond donors (Lipinski definition) is 1. The van der Waals surface area contributed by atoms with Crippen molar-refractivity contribution in [3.63, 3.8) is 0 Å². The molecule has 1 aliphatic rings. The standard InChI is InChI=1S/C21H21N3O4S/c1-2-28-20(27)15-8-10-16(11-9-15)23-21-24(13-14-6-4-3-5-7-14)18(25)12-17(29-21)19(22)26/h3-11,17H,2,12-13H2,1H3,(H2,22,26). The van der Waals surface area contributed by atoms with Gasteiger partial charge < -0.3 is 10.5 Å². The average molecular weight is 411 g/mol. The predicted octanol–water partition coefficient (Wildman–Crippen LogP) is 2.87. The smallest absolute Gasteiger partial charge is 0.338 e. The number of benzene rings is 2. The summed E-state index contributed by atoms with van der Waals surface area (Å²) in [4.78, 5) is 42.3. The van der Waals surface area contributed by atoms with E-state index in [-0.39, 0.29) is 12.3 Å². The Hall–Kier alpha value is -3.13. The van der Waals surface area contributed by atoms with Gasteiger partial charge in [-0.2, -0.15) is 0 Å². The highest BCUT2D eigenvalue weighted by atomic mass is 32.2. The number of amidine groups is 1. The van der Waals surface area contributed by atoms with E-state index in [2.05, 4.69) is 4.99 Å². The van der Waals surface area contributed by atoms with Crippen molar-refractivity contribution >= 4 is 40.4 Å². The molecule has 1 unspecified atom stereocenters. The van der Waals surface area contributed by atoms with Crippen LogP contribution in [0.2, 0.25) is 0 Å². The molecule has 2 aromatic carbocycles. The summed E-state index contributed by atoms with van der Waals surface area (Å²) in [5.74, 6) is -1.17. The van der Waals surface area contributed by atoms with E-state index < -0.39 is 17.1 Å². The van der Waals surface area contributed by atoms with Crippen LogP contribution in [-0.2, 0) is 20.9 Å². The maximum atomic E-state index is 12.7. The summed E-state index contributed by atoms with van der Waals surface area (Å²) in [6.45, 7) is 2.38. The molecule has 0 bridgehead atoms. The van der Waals surface area contributed by atoms with Gasteiger partial charge in [0.05, 0.1) is 29.7 Å². The molecule has 2 aromatic rings.